The van der Waals surface area contributed by atoms with Crippen molar-refractivity contribution >= 4 is 5.69 Å². The number of rotatable bonds is 3. The molecule has 2 aromatic rings. The van der Waals surface area contributed by atoms with E-state index in [9.17, 15) is 0 Å². The zero-order valence-corrected chi connectivity index (χ0v) is 13.0. The highest BCUT2D eigenvalue weighted by Gasteiger charge is 2.25. The minimum atomic E-state index is 0.676. The van der Waals surface area contributed by atoms with Crippen LogP contribution in [0.2, 0.25) is 0 Å². The summed E-state index contributed by atoms with van der Waals surface area (Å²) in [6.07, 6.45) is 3.91. The maximum atomic E-state index is 6.05. The number of nitrogens with two attached hydrogens (primary N) is 1. The third kappa shape index (κ3) is 2.64. The van der Waals surface area contributed by atoms with Gasteiger partial charge in [0.1, 0.15) is 0 Å². The number of aryl methyl sites for hydroxylation is 2. The summed E-state index contributed by atoms with van der Waals surface area (Å²) in [6, 6.07) is 4.09. The van der Waals surface area contributed by atoms with Gasteiger partial charge in [0.05, 0.1) is 0 Å². The van der Waals surface area contributed by atoms with Crippen LogP contribution in [-0.2, 0) is 6.54 Å². The van der Waals surface area contributed by atoms with Crippen molar-refractivity contribution in [3.63, 3.8) is 0 Å². The van der Waals surface area contributed by atoms with Gasteiger partial charge in [-0.2, -0.15) is 0 Å². The van der Waals surface area contributed by atoms with E-state index in [0.717, 1.165) is 40.7 Å². The second kappa shape index (κ2) is 5.47. The molecule has 0 saturated heterocycles. The van der Waals surface area contributed by atoms with Crippen LogP contribution in [0.5, 0.6) is 0 Å². The van der Waals surface area contributed by atoms with Crippen LogP contribution in [0.15, 0.2) is 12.1 Å². The van der Waals surface area contributed by atoms with Crippen LogP contribution in [0.25, 0.3) is 11.4 Å². The van der Waals surface area contributed by atoms with E-state index in [1.165, 1.54) is 19.3 Å². The average molecular weight is 285 g/mol. The quantitative estimate of drug-likeness (QED) is 0.880. The number of anilines is 1. The van der Waals surface area contributed by atoms with Crippen LogP contribution in [0.3, 0.4) is 0 Å². The van der Waals surface area contributed by atoms with E-state index in [-0.39, 0.29) is 0 Å². The van der Waals surface area contributed by atoms with Crippen LogP contribution < -0.4 is 5.73 Å². The van der Waals surface area contributed by atoms with Crippen molar-refractivity contribution in [3.05, 3.63) is 23.3 Å². The Morgan fingerprint density at radius 3 is 2.76 bits per heavy atom. The summed E-state index contributed by atoms with van der Waals surface area (Å²) in [6.45, 7) is 7.34. The predicted molar refractivity (Wildman–Crippen MR) is 83.6 cm³/mol. The lowest BCUT2D eigenvalue weighted by atomic mass is 9.98. The van der Waals surface area contributed by atoms with E-state index in [0.29, 0.717) is 5.92 Å². The normalized spacial score (nSPS) is 21.9. The molecule has 0 spiro atoms. The van der Waals surface area contributed by atoms with Crippen molar-refractivity contribution in [1.29, 1.82) is 0 Å². The van der Waals surface area contributed by atoms with Gasteiger partial charge in [-0.05, 0) is 59.7 Å². The second-order valence-corrected chi connectivity index (χ2v) is 6.38. The lowest BCUT2D eigenvalue weighted by Crippen LogP contribution is -2.15. The Hall–Kier alpha value is -1.91. The Morgan fingerprint density at radius 1 is 1.24 bits per heavy atom. The van der Waals surface area contributed by atoms with Gasteiger partial charge in [-0.15, -0.1) is 5.10 Å². The molecule has 5 heteroatoms. The highest BCUT2D eigenvalue weighted by molar-refractivity contribution is 5.67. The smallest absolute Gasteiger partial charge is 0.182 e. The summed E-state index contributed by atoms with van der Waals surface area (Å²) in [5.41, 5.74) is 10.1. The molecule has 1 saturated carbocycles. The highest BCUT2D eigenvalue weighted by Crippen LogP contribution is 2.33. The van der Waals surface area contributed by atoms with Gasteiger partial charge in [-0.25, -0.2) is 4.68 Å². The predicted octanol–water partition coefficient (Wildman–Crippen LogP) is 2.98. The number of aromatic nitrogens is 4. The first-order chi connectivity index (χ1) is 10.1. The second-order valence-electron chi connectivity index (χ2n) is 6.38. The minimum absolute atomic E-state index is 0.676. The molecule has 2 unspecified atom stereocenters. The van der Waals surface area contributed by atoms with Crippen LogP contribution in [0.4, 0.5) is 5.69 Å². The number of benzene rings is 1. The molecule has 0 bridgehead atoms. The van der Waals surface area contributed by atoms with E-state index in [2.05, 4.69) is 35.4 Å². The maximum absolute atomic E-state index is 6.05. The fourth-order valence-corrected chi connectivity index (χ4v) is 3.35. The van der Waals surface area contributed by atoms with Gasteiger partial charge in [0.2, 0.25) is 0 Å². The van der Waals surface area contributed by atoms with Crippen LogP contribution in [0, 0.1) is 25.7 Å². The van der Waals surface area contributed by atoms with Crippen molar-refractivity contribution in [1.82, 2.24) is 20.2 Å². The molecule has 112 valence electrons. The molecule has 1 aromatic carbocycles. The van der Waals surface area contributed by atoms with E-state index in [1.807, 2.05) is 17.7 Å². The van der Waals surface area contributed by atoms with Gasteiger partial charge >= 0.3 is 0 Å². The molecule has 1 fully saturated rings. The van der Waals surface area contributed by atoms with Crippen molar-refractivity contribution in [2.24, 2.45) is 11.8 Å². The van der Waals surface area contributed by atoms with Crippen LogP contribution in [0.1, 0.15) is 37.3 Å². The Balaban J connectivity index is 1.93. The molecule has 3 rings (SSSR count). The number of nitrogen functional groups attached to an aromatic ring is 1. The SMILES string of the molecule is Cc1cc(C)c(-c2nnnn2CC2CCCC2C)cc1N. The van der Waals surface area contributed by atoms with Crippen molar-refractivity contribution in [2.45, 2.75) is 46.6 Å². The van der Waals surface area contributed by atoms with Gasteiger partial charge in [0.25, 0.3) is 0 Å². The standard InChI is InChI=1S/C16H23N5/c1-10-5-4-6-13(10)9-21-16(18-19-20-21)14-8-15(17)12(3)7-11(14)2/h7-8,10,13H,4-6,9,17H2,1-3H3. The molecule has 2 atom stereocenters. The molecule has 1 aliphatic carbocycles. The number of hydrogen-bond donors (Lipinski definition) is 1. The monoisotopic (exact) mass is 285 g/mol. The fraction of sp³-hybridized carbons (Fsp3) is 0.562. The molecule has 2 N–H and O–H groups in total. The van der Waals surface area contributed by atoms with E-state index in [1.54, 1.807) is 0 Å². The van der Waals surface area contributed by atoms with E-state index in [4.69, 9.17) is 5.73 Å². The van der Waals surface area contributed by atoms with Crippen molar-refractivity contribution in [3.8, 4) is 11.4 Å². The first kappa shape index (κ1) is 14.0. The highest BCUT2D eigenvalue weighted by atomic mass is 15.5. The van der Waals surface area contributed by atoms with Crippen LogP contribution in [-0.4, -0.2) is 20.2 Å². The summed E-state index contributed by atoms with van der Waals surface area (Å²) < 4.78 is 1.95. The molecule has 21 heavy (non-hydrogen) atoms. The molecule has 1 aromatic heterocycles. The summed E-state index contributed by atoms with van der Waals surface area (Å²) in [7, 11) is 0. The Morgan fingerprint density at radius 2 is 2.05 bits per heavy atom. The number of tetrazole rings is 1. The molecule has 5 nitrogen and oxygen atoms in total. The lowest BCUT2D eigenvalue weighted by molar-refractivity contribution is 0.346. The van der Waals surface area contributed by atoms with Gasteiger partial charge in [0, 0.05) is 17.8 Å². The molecule has 1 heterocycles. The summed E-state index contributed by atoms with van der Waals surface area (Å²) in [5, 5.41) is 12.3. The molecular formula is C16H23N5. The van der Waals surface area contributed by atoms with E-state index >= 15 is 0 Å². The molecular weight excluding hydrogens is 262 g/mol. The zero-order valence-electron chi connectivity index (χ0n) is 13.0. The van der Waals surface area contributed by atoms with Gasteiger partial charge < -0.3 is 5.73 Å². The van der Waals surface area contributed by atoms with Gasteiger partial charge in [-0.3, -0.25) is 0 Å². The maximum Gasteiger partial charge on any atom is 0.182 e. The molecule has 0 amide bonds. The summed E-state index contributed by atoms with van der Waals surface area (Å²) >= 11 is 0. The van der Waals surface area contributed by atoms with Gasteiger partial charge in [-0.1, -0.05) is 25.8 Å². The fourth-order valence-electron chi connectivity index (χ4n) is 3.35. The Bertz CT molecular complexity index is 646. The Labute approximate surface area is 125 Å². The number of nitrogens with zero attached hydrogens (tertiary/aromatic N) is 4. The lowest BCUT2D eigenvalue weighted by Gasteiger charge is -2.16. The zero-order chi connectivity index (χ0) is 15.0. The largest absolute Gasteiger partial charge is 0.398 e. The molecule has 0 aliphatic heterocycles. The first-order valence-electron chi connectivity index (χ1n) is 7.69. The average Bonchev–Trinajstić information content (AvgIpc) is 3.05. The summed E-state index contributed by atoms with van der Waals surface area (Å²) in [5.74, 6) is 2.26. The van der Waals surface area contributed by atoms with Crippen LogP contribution >= 0.6 is 0 Å². The number of hydrogen-bond acceptors (Lipinski definition) is 4. The minimum Gasteiger partial charge on any atom is -0.398 e. The first-order valence-corrected chi connectivity index (χ1v) is 7.69. The van der Waals surface area contributed by atoms with Crippen molar-refractivity contribution in [2.75, 3.05) is 5.73 Å². The molecule has 0 radical (unpaired) electrons. The third-order valence-electron chi connectivity index (χ3n) is 4.83. The van der Waals surface area contributed by atoms with Crippen molar-refractivity contribution < 1.29 is 0 Å². The Kier molecular flexibility index (Phi) is 3.66. The third-order valence-corrected chi connectivity index (χ3v) is 4.83. The topological polar surface area (TPSA) is 69.6 Å². The van der Waals surface area contributed by atoms with E-state index < -0.39 is 0 Å². The summed E-state index contributed by atoms with van der Waals surface area (Å²) in [4.78, 5) is 0. The molecule has 1 aliphatic rings. The van der Waals surface area contributed by atoms with Gasteiger partial charge in [0.15, 0.2) is 5.82 Å².